The van der Waals surface area contributed by atoms with Crippen molar-refractivity contribution in [1.29, 1.82) is 0 Å². The summed E-state index contributed by atoms with van der Waals surface area (Å²) in [5.41, 5.74) is -0.411. The number of rotatable bonds is 1. The Kier molecular flexibility index (Phi) is 2.31. The van der Waals surface area contributed by atoms with E-state index in [4.69, 9.17) is 0 Å². The maximum absolute atomic E-state index is 12.0. The van der Waals surface area contributed by atoms with Crippen LogP contribution in [0.2, 0.25) is 0 Å². The lowest BCUT2D eigenvalue weighted by atomic mass is 9.89. The van der Waals surface area contributed by atoms with Gasteiger partial charge in [0.15, 0.2) is 0 Å². The molecule has 0 aromatic rings. The Balaban J connectivity index is 2.27. The van der Waals surface area contributed by atoms with Crippen molar-refractivity contribution >= 4 is 11.7 Å². The Morgan fingerprint density at radius 3 is 2.64 bits per heavy atom. The fourth-order valence-electron chi connectivity index (χ4n) is 2.28. The smallest absolute Gasteiger partial charge is 0.255 e. The largest absolute Gasteiger partial charge is 0.317 e. The van der Waals surface area contributed by atoms with Gasteiger partial charge in [-0.05, 0) is 25.9 Å². The van der Waals surface area contributed by atoms with Crippen LogP contribution in [-0.2, 0) is 4.79 Å². The summed E-state index contributed by atoms with van der Waals surface area (Å²) < 4.78 is 0. The summed E-state index contributed by atoms with van der Waals surface area (Å²) >= 11 is 0. The minimum atomic E-state index is -0.411. The van der Waals surface area contributed by atoms with Gasteiger partial charge in [-0.2, -0.15) is 0 Å². The second kappa shape index (κ2) is 3.35. The molecule has 0 radical (unpaired) electrons. The normalized spacial score (nSPS) is 25.7. The number of amides is 1. The molecule has 2 rings (SSSR count). The van der Waals surface area contributed by atoms with Crippen LogP contribution < -0.4 is 5.32 Å². The molecule has 0 aromatic heterocycles. The Bertz CT molecular complexity index is 279. The lowest BCUT2D eigenvalue weighted by molar-refractivity contribution is -0.131. The lowest BCUT2D eigenvalue weighted by Crippen LogP contribution is -2.47. The van der Waals surface area contributed by atoms with E-state index in [1.54, 1.807) is 4.90 Å². The summed E-state index contributed by atoms with van der Waals surface area (Å²) in [6.07, 6.45) is 2.54. The monoisotopic (exact) mass is 195 g/mol. The van der Waals surface area contributed by atoms with Gasteiger partial charge in [-0.25, -0.2) is 0 Å². The molecule has 1 fully saturated rings. The van der Waals surface area contributed by atoms with Crippen LogP contribution in [-0.4, -0.2) is 42.3 Å². The molecular weight excluding hydrogens is 178 g/mol. The number of likely N-dealkylation sites (N-methyl/N-ethyl adjacent to an activating group) is 1. The van der Waals surface area contributed by atoms with Crippen LogP contribution in [0.15, 0.2) is 4.99 Å². The Hall–Kier alpha value is -0.900. The summed E-state index contributed by atoms with van der Waals surface area (Å²) in [5, 5.41) is 3.26. The molecule has 78 valence electrons. The highest BCUT2D eigenvalue weighted by atomic mass is 16.2. The Morgan fingerprint density at radius 1 is 1.50 bits per heavy atom. The van der Waals surface area contributed by atoms with Crippen LogP contribution in [0.4, 0.5) is 0 Å². The standard InChI is InChI=1S/C10H17N3O/c1-3-8-12-10(9(14)13(8)2)4-6-11-7-5-10/h11H,3-7H2,1-2H3. The number of hydrogen-bond acceptors (Lipinski definition) is 3. The molecule has 1 spiro atoms. The predicted molar refractivity (Wildman–Crippen MR) is 55.3 cm³/mol. The summed E-state index contributed by atoms with van der Waals surface area (Å²) in [5.74, 6) is 1.13. The van der Waals surface area contributed by atoms with Gasteiger partial charge in [-0.15, -0.1) is 0 Å². The van der Waals surface area contributed by atoms with Gasteiger partial charge in [-0.3, -0.25) is 9.79 Å². The van der Waals surface area contributed by atoms with Gasteiger partial charge in [0.1, 0.15) is 11.4 Å². The predicted octanol–water partition coefficient (Wildman–Crippen LogP) is 0.389. The molecular formula is C10H17N3O. The van der Waals surface area contributed by atoms with Crippen LogP contribution in [0.1, 0.15) is 26.2 Å². The van der Waals surface area contributed by atoms with Gasteiger partial charge in [0.25, 0.3) is 5.91 Å². The van der Waals surface area contributed by atoms with E-state index in [0.717, 1.165) is 38.2 Å². The number of nitrogens with one attached hydrogen (secondary N) is 1. The van der Waals surface area contributed by atoms with E-state index in [0.29, 0.717) is 0 Å². The van der Waals surface area contributed by atoms with Gasteiger partial charge in [-0.1, -0.05) is 6.92 Å². The van der Waals surface area contributed by atoms with E-state index < -0.39 is 5.54 Å². The summed E-state index contributed by atoms with van der Waals surface area (Å²) in [4.78, 5) is 18.4. The number of piperidine rings is 1. The molecule has 0 aliphatic carbocycles. The van der Waals surface area contributed by atoms with Crippen molar-refractivity contribution in [3.8, 4) is 0 Å². The molecule has 0 atom stereocenters. The zero-order valence-electron chi connectivity index (χ0n) is 8.84. The van der Waals surface area contributed by atoms with Crippen molar-refractivity contribution in [1.82, 2.24) is 10.2 Å². The molecule has 14 heavy (non-hydrogen) atoms. The van der Waals surface area contributed by atoms with E-state index >= 15 is 0 Å². The van der Waals surface area contributed by atoms with Crippen molar-refractivity contribution < 1.29 is 4.79 Å². The second-order valence-electron chi connectivity index (χ2n) is 4.03. The SMILES string of the molecule is CCC1=NC2(CCNCC2)C(=O)N1C. The number of nitrogens with zero attached hydrogens (tertiary/aromatic N) is 2. The molecule has 2 aliphatic heterocycles. The van der Waals surface area contributed by atoms with Crippen LogP contribution in [0.25, 0.3) is 0 Å². The molecule has 2 aliphatic rings. The van der Waals surface area contributed by atoms with Crippen molar-refractivity contribution in [2.75, 3.05) is 20.1 Å². The quantitative estimate of drug-likeness (QED) is 0.658. The molecule has 4 heteroatoms. The lowest BCUT2D eigenvalue weighted by Gasteiger charge is -2.29. The Labute approximate surface area is 84.4 Å². The number of amidine groups is 1. The fraction of sp³-hybridized carbons (Fsp3) is 0.800. The first-order valence-electron chi connectivity index (χ1n) is 5.27. The first kappa shape index (κ1) is 9.65. The number of aliphatic imine (C=N–C) groups is 1. The van der Waals surface area contributed by atoms with E-state index in [9.17, 15) is 4.79 Å². The summed E-state index contributed by atoms with van der Waals surface area (Å²) in [6.45, 7) is 3.85. The summed E-state index contributed by atoms with van der Waals surface area (Å²) in [7, 11) is 1.83. The van der Waals surface area contributed by atoms with Crippen molar-refractivity contribution in [2.24, 2.45) is 4.99 Å². The molecule has 2 heterocycles. The van der Waals surface area contributed by atoms with Gasteiger partial charge in [0, 0.05) is 13.5 Å². The molecule has 0 saturated carbocycles. The zero-order valence-corrected chi connectivity index (χ0v) is 8.84. The van der Waals surface area contributed by atoms with Gasteiger partial charge in [0.2, 0.25) is 0 Å². The van der Waals surface area contributed by atoms with Gasteiger partial charge >= 0.3 is 0 Å². The molecule has 0 bridgehead atoms. The number of carbonyl (C=O) groups is 1. The first-order chi connectivity index (χ1) is 6.69. The highest BCUT2D eigenvalue weighted by molar-refractivity contribution is 6.07. The first-order valence-corrected chi connectivity index (χ1v) is 5.27. The average Bonchev–Trinajstić information content (AvgIpc) is 2.45. The van der Waals surface area contributed by atoms with E-state index in [-0.39, 0.29) is 5.91 Å². The highest BCUT2D eigenvalue weighted by Crippen LogP contribution is 2.31. The zero-order chi connectivity index (χ0) is 10.2. The number of hydrogen-bond donors (Lipinski definition) is 1. The second-order valence-corrected chi connectivity index (χ2v) is 4.03. The molecule has 1 amide bonds. The van der Waals surface area contributed by atoms with E-state index in [1.165, 1.54) is 0 Å². The molecule has 1 N–H and O–H groups in total. The Morgan fingerprint density at radius 2 is 2.14 bits per heavy atom. The molecule has 4 nitrogen and oxygen atoms in total. The van der Waals surface area contributed by atoms with Crippen molar-refractivity contribution in [3.05, 3.63) is 0 Å². The van der Waals surface area contributed by atoms with E-state index in [2.05, 4.69) is 10.3 Å². The highest BCUT2D eigenvalue weighted by Gasteiger charge is 2.46. The van der Waals surface area contributed by atoms with E-state index in [1.807, 2.05) is 14.0 Å². The maximum Gasteiger partial charge on any atom is 0.255 e. The van der Waals surface area contributed by atoms with Crippen molar-refractivity contribution in [2.45, 2.75) is 31.7 Å². The molecule has 0 aromatic carbocycles. The third kappa shape index (κ3) is 1.25. The minimum Gasteiger partial charge on any atom is -0.317 e. The van der Waals surface area contributed by atoms with Crippen molar-refractivity contribution in [3.63, 3.8) is 0 Å². The topological polar surface area (TPSA) is 44.7 Å². The molecule has 0 unspecified atom stereocenters. The van der Waals surface area contributed by atoms with Gasteiger partial charge in [0.05, 0.1) is 0 Å². The summed E-state index contributed by atoms with van der Waals surface area (Å²) in [6, 6.07) is 0. The third-order valence-corrected chi connectivity index (χ3v) is 3.18. The average molecular weight is 195 g/mol. The van der Waals surface area contributed by atoms with Crippen LogP contribution in [0.5, 0.6) is 0 Å². The van der Waals surface area contributed by atoms with Gasteiger partial charge < -0.3 is 10.2 Å². The third-order valence-electron chi connectivity index (χ3n) is 3.18. The van der Waals surface area contributed by atoms with Crippen LogP contribution in [0, 0.1) is 0 Å². The van der Waals surface area contributed by atoms with Crippen LogP contribution in [0.3, 0.4) is 0 Å². The maximum atomic E-state index is 12.0. The van der Waals surface area contributed by atoms with Crippen LogP contribution >= 0.6 is 0 Å². The molecule has 1 saturated heterocycles. The number of carbonyl (C=O) groups excluding carboxylic acids is 1. The fourth-order valence-corrected chi connectivity index (χ4v) is 2.28. The minimum absolute atomic E-state index is 0.191.